The predicted octanol–water partition coefficient (Wildman–Crippen LogP) is 9.03. The topological polar surface area (TPSA) is 26.4 Å². The Morgan fingerprint density at radius 1 is 0.750 bits per heavy atom. The van der Waals surface area contributed by atoms with Gasteiger partial charge in [-0.05, 0) is 79.3 Å². The lowest BCUT2D eigenvalue weighted by molar-refractivity contribution is -0.363. The van der Waals surface area contributed by atoms with Crippen molar-refractivity contribution in [3.8, 4) is 11.5 Å². The molecular weight excluding hydrogens is 553 g/mol. The maximum atomic E-state index is 16.8. The lowest BCUT2D eigenvalue weighted by Gasteiger charge is -2.34. The summed E-state index contributed by atoms with van der Waals surface area (Å²) in [6.45, 7) is 8.33. The van der Waals surface area contributed by atoms with Crippen molar-refractivity contribution in [3.63, 3.8) is 0 Å². The summed E-state index contributed by atoms with van der Waals surface area (Å²) in [6.07, 6.45) is 1.35. The second-order valence-corrected chi connectivity index (χ2v) is 11.7. The Labute approximate surface area is 259 Å². The normalized spacial score (nSPS) is 15.5. The molecule has 2 aliphatic heterocycles. The molecule has 4 nitrogen and oxygen atoms in total. The van der Waals surface area contributed by atoms with Gasteiger partial charge in [-0.1, -0.05) is 74.5 Å². The molecule has 0 atom stereocenters. The molecule has 226 valence electrons. The van der Waals surface area contributed by atoms with Gasteiger partial charge in [0.2, 0.25) is 0 Å². The molecular formula is C37H39BF2N2O2. The third-order valence-corrected chi connectivity index (χ3v) is 9.16. The summed E-state index contributed by atoms with van der Waals surface area (Å²) in [6, 6.07) is 25.8. The average molecular weight is 593 g/mol. The van der Waals surface area contributed by atoms with E-state index in [-0.39, 0.29) is 0 Å². The van der Waals surface area contributed by atoms with Gasteiger partial charge in [0.1, 0.15) is 30.4 Å². The summed E-state index contributed by atoms with van der Waals surface area (Å²) in [7, 11) is 0. The Hall–Kier alpha value is -4.39. The van der Waals surface area contributed by atoms with E-state index in [9.17, 15) is 0 Å². The first kappa shape index (κ1) is 29.7. The zero-order valence-electron chi connectivity index (χ0n) is 26.4. The zero-order chi connectivity index (χ0) is 31.2. The fourth-order valence-corrected chi connectivity index (χ4v) is 7.12. The Kier molecular flexibility index (Phi) is 7.83. The molecule has 7 heteroatoms. The highest BCUT2D eigenvalue weighted by Gasteiger charge is 2.56. The van der Waals surface area contributed by atoms with Crippen LogP contribution in [0.15, 0.2) is 95.7 Å². The monoisotopic (exact) mass is 592 g/mol. The molecule has 0 saturated heterocycles. The number of fused-ring (bicyclic) bond motifs is 2. The van der Waals surface area contributed by atoms with Crippen LogP contribution in [0.3, 0.4) is 0 Å². The van der Waals surface area contributed by atoms with Crippen LogP contribution in [0.1, 0.15) is 73.3 Å². The third-order valence-electron chi connectivity index (χ3n) is 9.16. The summed E-state index contributed by atoms with van der Waals surface area (Å²) in [5.74, 6) is 1.24. The van der Waals surface area contributed by atoms with E-state index in [1.54, 1.807) is 0 Å². The molecule has 4 aromatic rings. The second kappa shape index (κ2) is 11.6. The minimum Gasteiger partial charge on any atom is -0.489 e. The summed E-state index contributed by atoms with van der Waals surface area (Å²) >= 11 is 0. The summed E-state index contributed by atoms with van der Waals surface area (Å²) < 4.78 is 48.8. The smallest absolute Gasteiger partial charge is 0.489 e. The van der Waals surface area contributed by atoms with Gasteiger partial charge < -0.3 is 27.1 Å². The van der Waals surface area contributed by atoms with E-state index >= 15 is 8.63 Å². The van der Waals surface area contributed by atoms with Crippen LogP contribution in [0.25, 0.3) is 5.57 Å². The number of rotatable bonds is 9. The van der Waals surface area contributed by atoms with Crippen LogP contribution in [-0.2, 0) is 19.6 Å². The molecule has 0 fully saturated rings. The second-order valence-electron chi connectivity index (χ2n) is 11.7. The summed E-state index contributed by atoms with van der Waals surface area (Å²) in [5, 5.41) is 0. The van der Waals surface area contributed by atoms with E-state index in [4.69, 9.17) is 9.47 Å². The molecule has 3 aromatic carbocycles. The van der Waals surface area contributed by atoms with Crippen molar-refractivity contribution < 1.29 is 22.6 Å². The minimum atomic E-state index is -4.11. The summed E-state index contributed by atoms with van der Waals surface area (Å²) in [4.78, 5) is 0. The molecule has 3 heterocycles. The van der Waals surface area contributed by atoms with Gasteiger partial charge in [-0.25, -0.2) is 0 Å². The lowest BCUT2D eigenvalue weighted by Crippen LogP contribution is -2.51. The Morgan fingerprint density at radius 2 is 1.30 bits per heavy atom. The molecule has 0 bridgehead atoms. The highest BCUT2D eigenvalue weighted by molar-refractivity contribution is 6.58. The Bertz CT molecular complexity index is 1770. The standard InChI is InChI=1S/C37H39BF2N2O2/c1-7-33-24(3)36-35(37-25(4)34(8-2)27(6)42(37)38(39,40)41(36)26(33)5)30-19-31(43-22-28-15-11-9-12-16-28)21-32(20-30)44-23-29-17-13-10-14-18-29/h9-21H,7-8,22-23H2,1-6H3. The van der Waals surface area contributed by atoms with Crippen LogP contribution in [-0.4, -0.2) is 21.6 Å². The number of nitrogens with zero attached hydrogens (tertiary/aromatic N) is 2. The van der Waals surface area contributed by atoms with E-state index in [0.29, 0.717) is 60.4 Å². The van der Waals surface area contributed by atoms with Crippen molar-refractivity contribution in [2.24, 2.45) is 0 Å². The van der Waals surface area contributed by atoms with Crippen LogP contribution in [0.5, 0.6) is 11.5 Å². The van der Waals surface area contributed by atoms with E-state index < -0.39 is 6.97 Å². The SMILES string of the molecule is CCC1=C(C)C2=C(c3cc(OCc4ccccc4)cc(OCc4ccccc4)c3)c3c(C)c(CC)c(C)n3[B-](F)(F)[N+]2=C1C. The van der Waals surface area contributed by atoms with Gasteiger partial charge in [0.15, 0.2) is 5.70 Å². The van der Waals surface area contributed by atoms with Gasteiger partial charge in [-0.2, -0.15) is 0 Å². The first-order valence-electron chi connectivity index (χ1n) is 15.5. The first-order chi connectivity index (χ1) is 21.2. The fraction of sp³-hybridized carbons (Fsp3) is 0.270. The molecule has 0 amide bonds. The van der Waals surface area contributed by atoms with Crippen molar-refractivity contribution in [2.45, 2.75) is 67.6 Å². The molecule has 6 rings (SSSR count). The molecule has 0 N–H and O–H groups in total. The fourth-order valence-electron chi connectivity index (χ4n) is 7.12. The number of allylic oxidation sites excluding steroid dienone is 2. The minimum absolute atomic E-state index is 0.377. The van der Waals surface area contributed by atoms with Crippen LogP contribution in [0, 0.1) is 13.8 Å². The van der Waals surface area contributed by atoms with Gasteiger partial charge in [-0.15, -0.1) is 0 Å². The van der Waals surface area contributed by atoms with E-state index in [1.807, 2.05) is 120 Å². The number of hydrogen-bond donors (Lipinski definition) is 0. The number of halogens is 2. The third kappa shape index (κ3) is 4.88. The van der Waals surface area contributed by atoms with Gasteiger partial charge in [-0.3, -0.25) is 0 Å². The van der Waals surface area contributed by atoms with Gasteiger partial charge >= 0.3 is 6.97 Å². The number of aromatic nitrogens is 1. The van der Waals surface area contributed by atoms with Crippen LogP contribution in [0.4, 0.5) is 8.63 Å². The highest BCUT2D eigenvalue weighted by Crippen LogP contribution is 2.48. The number of benzene rings is 3. The largest absolute Gasteiger partial charge is 0.737 e. The van der Waals surface area contributed by atoms with E-state index in [2.05, 4.69) is 0 Å². The number of ether oxygens (including phenoxy) is 2. The van der Waals surface area contributed by atoms with Crippen LogP contribution >= 0.6 is 0 Å². The van der Waals surface area contributed by atoms with Crippen molar-refractivity contribution in [2.75, 3.05) is 0 Å². The van der Waals surface area contributed by atoms with E-state index in [1.165, 1.54) is 8.96 Å². The van der Waals surface area contributed by atoms with E-state index in [0.717, 1.165) is 44.5 Å². The average Bonchev–Trinajstić information content (AvgIpc) is 3.44. The molecule has 2 aliphatic rings. The molecule has 0 saturated carbocycles. The maximum absolute atomic E-state index is 16.8. The highest BCUT2D eigenvalue weighted by atomic mass is 19.2. The zero-order valence-corrected chi connectivity index (χ0v) is 26.4. The number of hydrogen-bond acceptors (Lipinski definition) is 2. The Morgan fingerprint density at radius 3 is 1.80 bits per heavy atom. The Balaban J connectivity index is 1.58. The molecule has 0 radical (unpaired) electrons. The summed E-state index contributed by atoms with van der Waals surface area (Å²) in [5.41, 5.74) is 9.77. The van der Waals surface area contributed by atoms with Gasteiger partial charge in [0, 0.05) is 29.8 Å². The molecule has 0 spiro atoms. The van der Waals surface area contributed by atoms with Crippen molar-refractivity contribution in [1.29, 1.82) is 0 Å². The maximum Gasteiger partial charge on any atom is 0.737 e. The predicted molar refractivity (Wildman–Crippen MR) is 175 cm³/mol. The van der Waals surface area contributed by atoms with Crippen molar-refractivity contribution in [1.82, 2.24) is 4.48 Å². The van der Waals surface area contributed by atoms with Crippen LogP contribution in [0.2, 0.25) is 0 Å². The van der Waals surface area contributed by atoms with Gasteiger partial charge in [0.25, 0.3) is 0 Å². The van der Waals surface area contributed by atoms with Gasteiger partial charge in [0.05, 0.1) is 5.57 Å². The lowest BCUT2D eigenvalue weighted by atomic mass is 9.83. The molecule has 0 unspecified atom stereocenters. The van der Waals surface area contributed by atoms with Crippen LogP contribution < -0.4 is 9.47 Å². The quantitative estimate of drug-likeness (QED) is 0.181. The van der Waals surface area contributed by atoms with Crippen molar-refractivity contribution >= 4 is 18.3 Å². The molecule has 44 heavy (non-hydrogen) atoms. The first-order valence-corrected chi connectivity index (χ1v) is 15.5. The molecule has 0 aliphatic carbocycles. The molecule has 1 aromatic heterocycles. The van der Waals surface area contributed by atoms with Crippen molar-refractivity contribution in [3.05, 3.63) is 135 Å².